The molecule has 0 saturated carbocycles. The van der Waals surface area contributed by atoms with Crippen LogP contribution in [0.25, 0.3) is 0 Å². The predicted octanol–water partition coefficient (Wildman–Crippen LogP) is 1.62. The van der Waals surface area contributed by atoms with Crippen LogP contribution in [0.3, 0.4) is 0 Å². The maximum absolute atomic E-state index is 10.2. The Morgan fingerprint density at radius 3 is 2.46 bits per heavy atom. The first-order valence-electron chi connectivity index (χ1n) is 8.47. The third-order valence-electron chi connectivity index (χ3n) is 3.49. The summed E-state index contributed by atoms with van der Waals surface area (Å²) >= 11 is 0. The minimum atomic E-state index is -2.42. The van der Waals surface area contributed by atoms with Crippen molar-refractivity contribution in [3.8, 4) is 0 Å². The zero-order chi connectivity index (χ0) is 19.2. The first-order chi connectivity index (χ1) is 11.8. The fraction of sp³-hybridized carbons (Fsp3) is 0.526. The van der Waals surface area contributed by atoms with Crippen molar-refractivity contribution >= 4 is 11.8 Å². The number of aliphatic carboxylic acids is 1. The zero-order valence-electron chi connectivity index (χ0n) is 15.9. The third-order valence-corrected chi connectivity index (χ3v) is 3.49. The van der Waals surface area contributed by atoms with Crippen LogP contribution >= 0.6 is 0 Å². The average molecular weight is 362 g/mol. The Morgan fingerprint density at radius 1 is 1.38 bits per heavy atom. The Bertz CT molecular complexity index is 500. The molecule has 2 heterocycles. The molecule has 7 heteroatoms. The van der Waals surface area contributed by atoms with E-state index in [1.54, 1.807) is 6.92 Å². The largest absolute Gasteiger partial charge is 1.00 e. The van der Waals surface area contributed by atoms with Crippen molar-refractivity contribution in [1.82, 2.24) is 4.98 Å². The van der Waals surface area contributed by atoms with Gasteiger partial charge in [0.05, 0.1) is 0 Å². The number of fused-ring (bicyclic) bond motifs is 1. The Morgan fingerprint density at radius 2 is 2.00 bits per heavy atom. The Balaban J connectivity index is 0. The summed E-state index contributed by atoms with van der Waals surface area (Å²) in [7, 11) is 0. The van der Waals surface area contributed by atoms with Gasteiger partial charge in [0.1, 0.15) is 12.2 Å². The fourth-order valence-corrected chi connectivity index (χ4v) is 1.94. The average Bonchev–Trinajstić information content (AvgIpc) is 2.59. The zero-order valence-corrected chi connectivity index (χ0v) is 15.9. The molecular weight excluding hydrogens is 333 g/mol. The minimum Gasteiger partial charge on any atom is -0.481 e. The molecule has 26 heavy (non-hydrogen) atoms. The van der Waals surface area contributed by atoms with Gasteiger partial charge in [-0.25, -0.2) is 13.8 Å². The molecule has 2 rings (SSSR count). The van der Waals surface area contributed by atoms with E-state index in [4.69, 9.17) is 5.11 Å². The number of nitrogens with zero attached hydrogens (tertiary/aromatic N) is 1. The molecular formula is C19H29F2LiN2O2-2. The van der Waals surface area contributed by atoms with Crippen LogP contribution in [0.4, 0.5) is 14.6 Å². The summed E-state index contributed by atoms with van der Waals surface area (Å²) in [5.74, 6) is 0.0489. The summed E-state index contributed by atoms with van der Waals surface area (Å²) in [6.45, 7) is 12.3. The number of rotatable bonds is 5. The van der Waals surface area contributed by atoms with Crippen LogP contribution in [0.15, 0.2) is 12.1 Å². The number of aryl methyl sites for hydroxylation is 2. The van der Waals surface area contributed by atoms with Gasteiger partial charge in [0.25, 0.3) is 0 Å². The second-order valence-corrected chi connectivity index (χ2v) is 5.72. The maximum atomic E-state index is 10.2. The standard InChI is InChI=1S/C12H17N2.C5H9O2.C2H3F2.Li/c1-2-3-6-11-8-7-10-5-4-9-13-12(10)14-11;1-3-4(2)5(6)7;1-2(3)4;/h7-8H,1-6,9H2,(H,13,14);4H,1,3H2,2H3,(H,6,7);2H,1H2;/q3*-1;+1/t;4-;;/m.0../s1. The molecule has 1 aliphatic rings. The van der Waals surface area contributed by atoms with Crippen molar-refractivity contribution in [3.05, 3.63) is 44.2 Å². The molecule has 1 aromatic rings. The smallest absolute Gasteiger partial charge is 0.481 e. The van der Waals surface area contributed by atoms with E-state index < -0.39 is 12.4 Å². The van der Waals surface area contributed by atoms with Gasteiger partial charge in [-0.15, -0.1) is 0 Å². The second-order valence-electron chi connectivity index (χ2n) is 5.72. The van der Waals surface area contributed by atoms with Gasteiger partial charge < -0.3 is 24.3 Å². The molecule has 0 spiro atoms. The van der Waals surface area contributed by atoms with E-state index in [0.29, 0.717) is 6.42 Å². The second kappa shape index (κ2) is 16.1. The molecule has 0 amide bonds. The number of alkyl halides is 2. The van der Waals surface area contributed by atoms with E-state index in [0.717, 1.165) is 31.6 Å². The number of aromatic nitrogens is 1. The number of anilines is 1. The van der Waals surface area contributed by atoms with Gasteiger partial charge in [0.2, 0.25) is 0 Å². The maximum Gasteiger partial charge on any atom is 1.00 e. The number of carboxylic acid groups (broad SMARTS) is 1. The predicted molar refractivity (Wildman–Crippen MR) is 97.5 cm³/mol. The van der Waals surface area contributed by atoms with Crippen molar-refractivity contribution in [2.75, 3.05) is 11.9 Å². The Kier molecular flexibility index (Phi) is 16.8. The van der Waals surface area contributed by atoms with Gasteiger partial charge in [0.15, 0.2) is 0 Å². The molecule has 144 valence electrons. The molecule has 1 aromatic heterocycles. The van der Waals surface area contributed by atoms with Crippen LogP contribution in [0.2, 0.25) is 0 Å². The number of unbranched alkanes of at least 4 members (excludes halogenated alkanes) is 1. The molecule has 0 radical (unpaired) electrons. The van der Waals surface area contributed by atoms with Crippen molar-refractivity contribution < 1.29 is 37.5 Å². The van der Waals surface area contributed by atoms with Crippen molar-refractivity contribution in [3.63, 3.8) is 0 Å². The SMILES string of the molecule is [CH2-]C(F)F.[CH2-]CCCc1ccc2c(n1)NCCC2.[CH2-]C[C@H](C)C(=O)O.[Li+]. The number of hydrogen-bond donors (Lipinski definition) is 2. The van der Waals surface area contributed by atoms with Gasteiger partial charge >= 0.3 is 24.8 Å². The molecule has 1 atom stereocenters. The van der Waals surface area contributed by atoms with Crippen molar-refractivity contribution in [2.45, 2.75) is 51.9 Å². The van der Waals surface area contributed by atoms with E-state index in [9.17, 15) is 13.6 Å². The fourth-order valence-electron chi connectivity index (χ4n) is 1.94. The van der Waals surface area contributed by atoms with Gasteiger partial charge in [-0.05, 0) is 30.9 Å². The van der Waals surface area contributed by atoms with Gasteiger partial charge in [0, 0.05) is 18.2 Å². The van der Waals surface area contributed by atoms with E-state index in [1.165, 1.54) is 24.1 Å². The van der Waals surface area contributed by atoms with E-state index in [1.807, 2.05) is 0 Å². The van der Waals surface area contributed by atoms with E-state index >= 15 is 0 Å². The van der Waals surface area contributed by atoms with Crippen LogP contribution in [-0.4, -0.2) is 29.0 Å². The van der Waals surface area contributed by atoms with Crippen LogP contribution in [0, 0.1) is 26.7 Å². The molecule has 2 N–H and O–H groups in total. The van der Waals surface area contributed by atoms with Crippen LogP contribution < -0.4 is 24.2 Å². The summed E-state index contributed by atoms with van der Waals surface area (Å²) in [6.07, 6.45) is 3.63. The Labute approximate surface area is 168 Å². The molecule has 0 bridgehead atoms. The molecule has 0 aromatic carbocycles. The minimum absolute atomic E-state index is 0. The molecule has 4 nitrogen and oxygen atoms in total. The molecule has 1 aliphatic heterocycles. The quantitative estimate of drug-likeness (QED) is 0.617. The number of carboxylic acids is 1. The van der Waals surface area contributed by atoms with Crippen molar-refractivity contribution in [2.24, 2.45) is 5.92 Å². The summed E-state index contributed by atoms with van der Waals surface area (Å²) in [6, 6.07) is 4.37. The van der Waals surface area contributed by atoms with Gasteiger partial charge in [-0.1, -0.05) is 19.4 Å². The van der Waals surface area contributed by atoms with Crippen molar-refractivity contribution in [1.29, 1.82) is 0 Å². The number of nitrogens with one attached hydrogen (secondary N) is 1. The molecule has 0 fully saturated rings. The number of pyridine rings is 1. The number of hydrogen-bond acceptors (Lipinski definition) is 3. The van der Waals surface area contributed by atoms with E-state index in [2.05, 4.69) is 43.2 Å². The summed E-state index contributed by atoms with van der Waals surface area (Å²) < 4.78 is 20.4. The summed E-state index contributed by atoms with van der Waals surface area (Å²) in [5, 5.41) is 11.5. The molecule has 0 aliphatic carbocycles. The number of carbonyl (C=O) groups is 1. The Hall–Kier alpha value is -1.12. The monoisotopic (exact) mass is 362 g/mol. The molecule has 0 saturated heterocycles. The van der Waals surface area contributed by atoms with Gasteiger partial charge in [-0.2, -0.15) is 12.8 Å². The van der Waals surface area contributed by atoms with E-state index in [-0.39, 0.29) is 24.8 Å². The van der Waals surface area contributed by atoms with Crippen LogP contribution in [0.5, 0.6) is 0 Å². The van der Waals surface area contributed by atoms with Gasteiger partial charge in [-0.3, -0.25) is 11.7 Å². The topological polar surface area (TPSA) is 62.2 Å². The summed E-state index contributed by atoms with van der Waals surface area (Å²) in [5.41, 5.74) is 2.57. The molecule has 0 unspecified atom stereocenters. The summed E-state index contributed by atoms with van der Waals surface area (Å²) in [4.78, 5) is 14.5. The number of halogens is 2. The van der Waals surface area contributed by atoms with Crippen LogP contribution in [-0.2, 0) is 17.6 Å². The first kappa shape index (κ1) is 27.1. The normalized spacial score (nSPS) is 12.9. The third kappa shape index (κ3) is 13.1. The van der Waals surface area contributed by atoms with Crippen LogP contribution in [0.1, 0.15) is 43.9 Å². The first-order valence-corrected chi connectivity index (χ1v) is 8.47.